The van der Waals surface area contributed by atoms with E-state index in [9.17, 15) is 61.3 Å². The smallest absolute Gasteiger partial charge is 0.187 e. The quantitative estimate of drug-likeness (QED) is 0.0971. The molecular formula is C50H82O22. The highest BCUT2D eigenvalue weighted by atomic mass is 16.8. The minimum atomic E-state index is -1.97. The Bertz CT molecular complexity index is 1830. The van der Waals surface area contributed by atoms with Crippen molar-refractivity contribution in [2.45, 2.75) is 227 Å². The fraction of sp³-hybridized carbons (Fsp3) is 1.00. The topological polar surface area (TPSA) is 335 Å². The summed E-state index contributed by atoms with van der Waals surface area (Å²) in [7, 11) is 0. The molecule has 0 aromatic carbocycles. The number of aliphatic hydroxyl groups excluding tert-OH is 12. The Morgan fingerprint density at radius 1 is 0.514 bits per heavy atom. The van der Waals surface area contributed by atoms with Gasteiger partial charge in [-0.25, -0.2) is 0 Å². The van der Waals surface area contributed by atoms with Crippen molar-refractivity contribution >= 4 is 0 Å². The Kier molecular flexibility index (Phi) is 15.9. The molecule has 72 heavy (non-hydrogen) atoms. The minimum absolute atomic E-state index is 0.112. The van der Waals surface area contributed by atoms with Gasteiger partial charge in [-0.3, -0.25) is 0 Å². The molecule has 22 nitrogen and oxygen atoms in total. The van der Waals surface area contributed by atoms with Gasteiger partial charge < -0.3 is 109 Å². The molecule has 1 spiro atoms. The Morgan fingerprint density at radius 3 is 1.83 bits per heavy atom. The van der Waals surface area contributed by atoms with Gasteiger partial charge in [-0.1, -0.05) is 27.7 Å². The van der Waals surface area contributed by atoms with Crippen LogP contribution in [0, 0.1) is 52.3 Å². The van der Waals surface area contributed by atoms with Gasteiger partial charge in [0.15, 0.2) is 30.9 Å². The molecular weight excluding hydrogens is 953 g/mol. The van der Waals surface area contributed by atoms with Gasteiger partial charge in [0.05, 0.1) is 45.2 Å². The molecule has 414 valence electrons. The van der Waals surface area contributed by atoms with Crippen LogP contribution >= 0.6 is 0 Å². The lowest BCUT2D eigenvalue weighted by Gasteiger charge is -2.61. The van der Waals surface area contributed by atoms with Crippen molar-refractivity contribution in [3.05, 3.63) is 0 Å². The lowest BCUT2D eigenvalue weighted by Crippen LogP contribution is -2.67. The highest BCUT2D eigenvalue weighted by Gasteiger charge is 2.69. The average Bonchev–Trinajstić information content (AvgIpc) is 3.82. The monoisotopic (exact) mass is 1030 g/mol. The summed E-state index contributed by atoms with van der Waals surface area (Å²) in [5, 5.41) is 129. The first-order valence-corrected chi connectivity index (χ1v) is 26.7. The molecule has 4 saturated carbocycles. The maximum absolute atomic E-state index is 11.6. The zero-order valence-electron chi connectivity index (χ0n) is 41.7. The molecule has 31 atom stereocenters. The molecule has 4 aliphatic carbocycles. The van der Waals surface area contributed by atoms with E-state index >= 15 is 0 Å². The first-order chi connectivity index (χ1) is 34.3. The first-order valence-electron chi connectivity index (χ1n) is 26.7. The van der Waals surface area contributed by atoms with Crippen LogP contribution in [0.1, 0.15) is 91.9 Å². The molecule has 10 aliphatic rings. The lowest BCUT2D eigenvalue weighted by molar-refractivity contribution is -0.390. The molecule has 10 fully saturated rings. The van der Waals surface area contributed by atoms with Gasteiger partial charge in [0, 0.05) is 12.3 Å². The van der Waals surface area contributed by atoms with E-state index in [1.54, 1.807) is 0 Å². The maximum atomic E-state index is 11.6. The van der Waals surface area contributed by atoms with Crippen LogP contribution in [0.2, 0.25) is 0 Å². The van der Waals surface area contributed by atoms with Crippen LogP contribution in [0.3, 0.4) is 0 Å². The van der Waals surface area contributed by atoms with E-state index in [4.69, 9.17) is 47.4 Å². The predicted octanol–water partition coefficient (Wildman–Crippen LogP) is -2.27. The molecule has 0 bridgehead atoms. The maximum Gasteiger partial charge on any atom is 0.187 e. The normalized spacial score (nSPS) is 57.8. The van der Waals surface area contributed by atoms with Crippen LogP contribution in [0.25, 0.3) is 0 Å². The molecule has 6 saturated heterocycles. The van der Waals surface area contributed by atoms with Crippen LogP contribution in [-0.2, 0) is 47.4 Å². The standard InChI is InChI=1S/C50H82O22/c1-20-7-12-50(64-18-20)21(2)32-28(72-50)14-26-24-6-5-22-13-23(8-10-48(22,3)25(24)9-11-49(26,32)4)65-44-39(61)37(59)41(31(17-53)68-44)69-46-40(62)42(35(57)30(16-52)67-46)70-47-43(33(55)27(54)19-63-47)71-45-38(60)36(58)34(56)29(15-51)66-45/h20-47,51-62H,5-19H2,1-4H3/t20-,21-,22+,23-,24-,25+,26+,27+,28-,29+,30+,31+,32-,33-,34+,35+,36-,37+,38+,39+,40+,41+,42-,43+,44+,45-,46-,47-,48-,49-,50-/m1/s1. The summed E-state index contributed by atoms with van der Waals surface area (Å²) in [6.07, 6.45) is -22.1. The Hall–Kier alpha value is -0.880. The number of hydrogen-bond donors (Lipinski definition) is 12. The lowest BCUT2D eigenvalue weighted by atomic mass is 9.44. The fourth-order valence-electron chi connectivity index (χ4n) is 15.9. The SMILES string of the molecule is C[C@@H]1CC[C@@]2(OC1)O[C@@H]1C[C@H]3[C@@H]4CC[C@H]5C[C@H](O[C@H]6O[C@@H](CO)[C@H](O[C@H]7O[C@@H](CO)[C@H](O)[C@@H](O[C@H]8OC[C@H](O)[C@@H](O)[C@@H]8O[C@H]8O[C@@H](CO)[C@H](O)[C@@H](O)[C@@H]8O)[C@@H]7O)[C@@H](O)[C@@H]6O)CC[C@@]5(C)[C@H]4CC[C@@]3(C)[C@@H]1[C@H]2C. The third-order valence-corrected chi connectivity index (χ3v) is 20.0. The van der Waals surface area contributed by atoms with Crippen LogP contribution in [0.5, 0.6) is 0 Å². The van der Waals surface area contributed by atoms with E-state index in [0.717, 1.165) is 58.0 Å². The Morgan fingerprint density at radius 2 is 1.14 bits per heavy atom. The highest BCUT2D eigenvalue weighted by molar-refractivity contribution is 5.15. The van der Waals surface area contributed by atoms with Crippen molar-refractivity contribution in [3.63, 3.8) is 0 Å². The summed E-state index contributed by atoms with van der Waals surface area (Å²) in [5.74, 6) is 3.16. The molecule has 6 aliphatic heterocycles. The van der Waals surface area contributed by atoms with E-state index in [0.29, 0.717) is 41.4 Å². The number of fused-ring (bicyclic) bond motifs is 7. The highest BCUT2D eigenvalue weighted by Crippen LogP contribution is 2.71. The van der Waals surface area contributed by atoms with Crippen LogP contribution < -0.4 is 0 Å². The molecule has 0 amide bonds. The summed E-state index contributed by atoms with van der Waals surface area (Å²) in [4.78, 5) is 0. The summed E-state index contributed by atoms with van der Waals surface area (Å²) in [6.45, 7) is 7.53. The van der Waals surface area contributed by atoms with Crippen LogP contribution in [0.4, 0.5) is 0 Å². The number of aliphatic hydroxyl groups is 12. The van der Waals surface area contributed by atoms with Gasteiger partial charge >= 0.3 is 0 Å². The summed E-state index contributed by atoms with van der Waals surface area (Å²) >= 11 is 0. The van der Waals surface area contributed by atoms with Crippen molar-refractivity contribution in [3.8, 4) is 0 Å². The molecule has 12 N–H and O–H groups in total. The summed E-state index contributed by atoms with van der Waals surface area (Å²) < 4.78 is 60.5. The average molecular weight is 1040 g/mol. The van der Waals surface area contributed by atoms with Gasteiger partial charge in [-0.2, -0.15) is 0 Å². The molecule has 6 heterocycles. The number of rotatable bonds is 11. The van der Waals surface area contributed by atoms with Gasteiger partial charge in [-0.05, 0) is 104 Å². The third-order valence-electron chi connectivity index (χ3n) is 20.0. The zero-order chi connectivity index (χ0) is 51.3. The predicted molar refractivity (Wildman–Crippen MR) is 242 cm³/mol. The van der Waals surface area contributed by atoms with E-state index in [-0.39, 0.29) is 23.0 Å². The van der Waals surface area contributed by atoms with Crippen molar-refractivity contribution < 1.29 is 109 Å². The number of hydrogen-bond acceptors (Lipinski definition) is 22. The van der Waals surface area contributed by atoms with Crippen molar-refractivity contribution in [1.82, 2.24) is 0 Å². The van der Waals surface area contributed by atoms with E-state index in [1.807, 2.05) is 0 Å². The van der Waals surface area contributed by atoms with E-state index in [1.165, 1.54) is 12.8 Å². The van der Waals surface area contributed by atoms with Gasteiger partial charge in [0.2, 0.25) is 0 Å². The van der Waals surface area contributed by atoms with Gasteiger partial charge in [0.1, 0.15) is 91.6 Å². The Balaban J connectivity index is 0.762. The molecule has 0 aromatic rings. The molecule has 22 heteroatoms. The Labute approximate surface area is 419 Å². The molecule has 10 rings (SSSR count). The van der Waals surface area contributed by atoms with E-state index < -0.39 is 149 Å². The van der Waals surface area contributed by atoms with Crippen molar-refractivity contribution in [1.29, 1.82) is 0 Å². The van der Waals surface area contributed by atoms with Gasteiger partial charge in [-0.15, -0.1) is 0 Å². The zero-order valence-corrected chi connectivity index (χ0v) is 41.7. The fourth-order valence-corrected chi connectivity index (χ4v) is 15.9. The van der Waals surface area contributed by atoms with Crippen LogP contribution in [0.15, 0.2) is 0 Å². The second-order valence-corrected chi connectivity index (χ2v) is 23.9. The van der Waals surface area contributed by atoms with Crippen molar-refractivity contribution in [2.75, 3.05) is 33.0 Å². The molecule has 0 radical (unpaired) electrons. The second kappa shape index (κ2) is 21.1. The first kappa shape index (κ1) is 54.5. The largest absolute Gasteiger partial charge is 0.394 e. The summed E-state index contributed by atoms with van der Waals surface area (Å²) in [6, 6.07) is 0. The third kappa shape index (κ3) is 9.26. The van der Waals surface area contributed by atoms with Crippen molar-refractivity contribution in [2.24, 2.45) is 52.3 Å². The molecule has 0 aromatic heterocycles. The number of ether oxygens (including phenoxy) is 10. The van der Waals surface area contributed by atoms with Crippen LogP contribution in [-0.4, -0.2) is 229 Å². The van der Waals surface area contributed by atoms with Gasteiger partial charge in [0.25, 0.3) is 0 Å². The second-order valence-electron chi connectivity index (χ2n) is 23.9. The molecule has 0 unspecified atom stereocenters. The van der Waals surface area contributed by atoms with E-state index in [2.05, 4.69) is 27.7 Å². The minimum Gasteiger partial charge on any atom is -0.394 e. The summed E-state index contributed by atoms with van der Waals surface area (Å²) in [5.41, 5.74) is 0.325.